The molecule has 0 aliphatic carbocycles. The number of nitrogens with one attached hydrogen (secondary N) is 3. The van der Waals surface area contributed by atoms with Gasteiger partial charge in [-0.05, 0) is 13.0 Å². The van der Waals surface area contributed by atoms with Crippen molar-refractivity contribution >= 4 is 11.7 Å². The fourth-order valence-electron chi connectivity index (χ4n) is 1.50. The van der Waals surface area contributed by atoms with Gasteiger partial charge in [0, 0.05) is 7.05 Å². The molecule has 0 fully saturated rings. The molecule has 9 heteroatoms. The molecule has 2 rings (SSSR count). The van der Waals surface area contributed by atoms with Crippen LogP contribution in [0.4, 0.5) is 10.2 Å². The van der Waals surface area contributed by atoms with Gasteiger partial charge < -0.3 is 10.6 Å². The van der Waals surface area contributed by atoms with Crippen LogP contribution in [0.25, 0.3) is 0 Å². The minimum Gasteiger partial charge on any atom is -0.372 e. The third-order valence-corrected chi connectivity index (χ3v) is 2.43. The smallest absolute Gasteiger partial charge is 0.255 e. The van der Waals surface area contributed by atoms with Crippen LogP contribution in [0.15, 0.2) is 12.3 Å². The summed E-state index contributed by atoms with van der Waals surface area (Å²) in [6.45, 7) is 1.69. The van der Waals surface area contributed by atoms with E-state index in [1.54, 1.807) is 14.0 Å². The maximum Gasteiger partial charge on any atom is 0.255 e. The highest BCUT2D eigenvalue weighted by atomic mass is 19.1. The molecular weight excluding hydrogens is 253 g/mol. The molecule has 0 spiro atoms. The van der Waals surface area contributed by atoms with Gasteiger partial charge in [-0.3, -0.25) is 4.79 Å². The Balaban J connectivity index is 2.18. The molecule has 3 N–H and O–H groups in total. The Labute approximate surface area is 107 Å². The van der Waals surface area contributed by atoms with Crippen molar-refractivity contribution in [1.29, 1.82) is 0 Å². The molecule has 2 heterocycles. The summed E-state index contributed by atoms with van der Waals surface area (Å²) in [6, 6.07) is 0.649. The molecule has 0 radical (unpaired) electrons. The average molecular weight is 265 g/mol. The van der Waals surface area contributed by atoms with Crippen LogP contribution in [0.2, 0.25) is 0 Å². The van der Waals surface area contributed by atoms with Crippen LogP contribution >= 0.6 is 0 Å². The van der Waals surface area contributed by atoms with E-state index in [0.29, 0.717) is 11.6 Å². The van der Waals surface area contributed by atoms with Crippen LogP contribution in [-0.2, 0) is 0 Å². The van der Waals surface area contributed by atoms with E-state index in [-0.39, 0.29) is 5.56 Å². The molecule has 2 aromatic rings. The van der Waals surface area contributed by atoms with Gasteiger partial charge in [-0.2, -0.15) is 5.21 Å². The summed E-state index contributed by atoms with van der Waals surface area (Å²) in [6.07, 6.45) is 1.03. The zero-order chi connectivity index (χ0) is 13.8. The Morgan fingerprint density at radius 2 is 2.32 bits per heavy atom. The number of rotatable bonds is 4. The fourth-order valence-corrected chi connectivity index (χ4v) is 1.50. The van der Waals surface area contributed by atoms with Crippen molar-refractivity contribution in [1.82, 2.24) is 30.9 Å². The largest absolute Gasteiger partial charge is 0.372 e. The summed E-state index contributed by atoms with van der Waals surface area (Å²) in [5.74, 6) is -0.437. The van der Waals surface area contributed by atoms with Crippen LogP contribution in [0.1, 0.15) is 29.1 Å². The Kier molecular flexibility index (Phi) is 3.64. The van der Waals surface area contributed by atoms with Crippen LogP contribution in [0, 0.1) is 5.82 Å². The summed E-state index contributed by atoms with van der Waals surface area (Å²) in [4.78, 5) is 15.8. The summed E-state index contributed by atoms with van der Waals surface area (Å²) in [5.41, 5.74) is 0.109. The number of amides is 1. The van der Waals surface area contributed by atoms with Gasteiger partial charge in [0.1, 0.15) is 11.6 Å². The second kappa shape index (κ2) is 5.38. The SMILES string of the molecule is CNc1ncc(F)cc1C(=O)NC(C)c1nn[nH]n1. The predicted octanol–water partition coefficient (Wildman–Crippen LogP) is 0.266. The maximum atomic E-state index is 13.1. The molecule has 0 aliphatic heterocycles. The molecule has 1 unspecified atom stereocenters. The number of nitrogens with zero attached hydrogens (tertiary/aromatic N) is 4. The minimum absolute atomic E-state index is 0.109. The summed E-state index contributed by atoms with van der Waals surface area (Å²) < 4.78 is 13.1. The fraction of sp³-hybridized carbons (Fsp3) is 0.300. The van der Waals surface area contributed by atoms with Gasteiger partial charge in [0.15, 0.2) is 5.82 Å². The van der Waals surface area contributed by atoms with Crippen LogP contribution in [0.3, 0.4) is 0 Å². The van der Waals surface area contributed by atoms with E-state index >= 15 is 0 Å². The summed E-state index contributed by atoms with van der Waals surface area (Å²) >= 11 is 0. The van der Waals surface area contributed by atoms with Crippen molar-refractivity contribution in [3.63, 3.8) is 0 Å². The number of tetrazole rings is 1. The topological polar surface area (TPSA) is 108 Å². The van der Waals surface area contributed by atoms with Crippen molar-refractivity contribution in [2.75, 3.05) is 12.4 Å². The monoisotopic (exact) mass is 265 g/mol. The number of carbonyl (C=O) groups is 1. The van der Waals surface area contributed by atoms with Gasteiger partial charge in [-0.1, -0.05) is 5.21 Å². The third-order valence-electron chi connectivity index (χ3n) is 2.43. The van der Waals surface area contributed by atoms with E-state index < -0.39 is 17.8 Å². The lowest BCUT2D eigenvalue weighted by Gasteiger charge is -2.12. The molecule has 1 amide bonds. The Bertz CT molecular complexity index is 571. The first kappa shape index (κ1) is 12.9. The van der Waals surface area contributed by atoms with E-state index in [4.69, 9.17) is 0 Å². The van der Waals surface area contributed by atoms with E-state index in [1.165, 1.54) is 0 Å². The molecule has 19 heavy (non-hydrogen) atoms. The Morgan fingerprint density at radius 3 is 2.95 bits per heavy atom. The molecule has 0 saturated carbocycles. The number of carbonyl (C=O) groups excluding carboxylic acids is 1. The number of halogens is 1. The second-order valence-electron chi connectivity index (χ2n) is 3.76. The van der Waals surface area contributed by atoms with Crippen molar-refractivity contribution in [3.8, 4) is 0 Å². The quantitative estimate of drug-likeness (QED) is 0.732. The van der Waals surface area contributed by atoms with Crippen LogP contribution in [-0.4, -0.2) is 38.6 Å². The number of anilines is 1. The standard InChI is InChI=1S/C10H12FN7O/c1-5(8-15-17-18-16-8)14-10(19)7-3-6(11)4-13-9(7)12-2/h3-5H,1-2H3,(H,12,13)(H,14,19)(H,15,16,17,18). The highest BCUT2D eigenvalue weighted by molar-refractivity contribution is 5.98. The lowest BCUT2D eigenvalue weighted by Crippen LogP contribution is -2.28. The van der Waals surface area contributed by atoms with Gasteiger partial charge in [-0.25, -0.2) is 9.37 Å². The number of hydrogen-bond donors (Lipinski definition) is 3. The minimum atomic E-state index is -0.587. The Hall–Kier alpha value is -2.58. The molecule has 100 valence electrons. The molecule has 0 bridgehead atoms. The number of H-pyrrole nitrogens is 1. The number of pyridine rings is 1. The van der Waals surface area contributed by atoms with E-state index in [0.717, 1.165) is 12.3 Å². The molecule has 2 aromatic heterocycles. The van der Waals surface area contributed by atoms with Crippen molar-refractivity contribution < 1.29 is 9.18 Å². The lowest BCUT2D eigenvalue weighted by molar-refractivity contribution is 0.0938. The highest BCUT2D eigenvalue weighted by Crippen LogP contribution is 2.14. The first-order valence-corrected chi connectivity index (χ1v) is 5.49. The van der Waals surface area contributed by atoms with Crippen LogP contribution in [0.5, 0.6) is 0 Å². The van der Waals surface area contributed by atoms with E-state index in [9.17, 15) is 9.18 Å². The Morgan fingerprint density at radius 1 is 1.53 bits per heavy atom. The van der Waals surface area contributed by atoms with Gasteiger partial charge in [0.2, 0.25) is 0 Å². The second-order valence-corrected chi connectivity index (χ2v) is 3.76. The summed E-state index contributed by atoms with van der Waals surface area (Å²) in [7, 11) is 1.60. The maximum absolute atomic E-state index is 13.1. The molecule has 0 aliphatic rings. The normalized spacial score (nSPS) is 11.9. The third kappa shape index (κ3) is 2.81. The summed E-state index contributed by atoms with van der Waals surface area (Å²) in [5, 5.41) is 18.6. The van der Waals surface area contributed by atoms with Crippen LogP contribution < -0.4 is 10.6 Å². The van der Waals surface area contributed by atoms with Gasteiger partial charge in [-0.15, -0.1) is 10.2 Å². The first-order chi connectivity index (χ1) is 9.11. The lowest BCUT2D eigenvalue weighted by atomic mass is 10.2. The molecule has 1 atom stereocenters. The molecular formula is C10H12FN7O. The van der Waals surface area contributed by atoms with Crippen molar-refractivity contribution in [3.05, 3.63) is 29.5 Å². The predicted molar refractivity (Wildman–Crippen MR) is 63.8 cm³/mol. The van der Waals surface area contributed by atoms with Gasteiger partial charge in [0.05, 0.1) is 17.8 Å². The number of aromatic nitrogens is 5. The molecule has 0 saturated heterocycles. The molecule has 8 nitrogen and oxygen atoms in total. The van der Waals surface area contributed by atoms with Crippen molar-refractivity contribution in [2.45, 2.75) is 13.0 Å². The average Bonchev–Trinajstić information content (AvgIpc) is 2.92. The first-order valence-electron chi connectivity index (χ1n) is 5.49. The van der Waals surface area contributed by atoms with Crippen molar-refractivity contribution in [2.24, 2.45) is 0 Å². The zero-order valence-electron chi connectivity index (χ0n) is 10.3. The molecule has 0 aromatic carbocycles. The number of hydrogen-bond acceptors (Lipinski definition) is 6. The van der Waals surface area contributed by atoms with E-state index in [2.05, 4.69) is 36.2 Å². The number of aromatic amines is 1. The van der Waals surface area contributed by atoms with E-state index in [1.807, 2.05) is 0 Å². The highest BCUT2D eigenvalue weighted by Gasteiger charge is 2.18. The van der Waals surface area contributed by atoms with Gasteiger partial charge in [0.25, 0.3) is 5.91 Å². The zero-order valence-corrected chi connectivity index (χ0v) is 10.3. The van der Waals surface area contributed by atoms with Gasteiger partial charge >= 0.3 is 0 Å².